The van der Waals surface area contributed by atoms with Gasteiger partial charge in [-0.2, -0.15) is 0 Å². The predicted molar refractivity (Wildman–Crippen MR) is 57.0 cm³/mol. The lowest BCUT2D eigenvalue weighted by molar-refractivity contribution is 1.31. The molecule has 2 rings (SSSR count). The maximum Gasteiger partial charge on any atom is -0.00882 e. The minimum absolute atomic E-state index is 1.06. The molecular formula is C13H10. The highest BCUT2D eigenvalue weighted by Gasteiger charge is 2.03. The van der Waals surface area contributed by atoms with Crippen molar-refractivity contribution < 1.29 is 0 Å². The highest BCUT2D eigenvalue weighted by Crippen LogP contribution is 2.20. The molecule has 0 fully saturated rings. The van der Waals surface area contributed by atoms with Crippen LogP contribution in [0.15, 0.2) is 30.4 Å². The zero-order chi connectivity index (χ0) is 9.10. The van der Waals surface area contributed by atoms with Crippen LogP contribution in [0.4, 0.5) is 0 Å². The molecule has 0 heteroatoms. The molecule has 0 unspecified atom stereocenters. The number of hydrogen-bond donors (Lipinski definition) is 0. The second kappa shape index (κ2) is 3.33. The molecule has 0 radical (unpaired) electrons. The second-order valence-electron chi connectivity index (χ2n) is 3.06. The first-order valence-corrected chi connectivity index (χ1v) is 4.32. The Morgan fingerprint density at radius 3 is 3.15 bits per heavy atom. The molecule has 0 heterocycles. The number of fused-ring (bicyclic) bond motifs is 1. The fourth-order valence-electron chi connectivity index (χ4n) is 1.52. The monoisotopic (exact) mass is 166 g/mol. The number of allylic oxidation sites excluding steroid dienone is 2. The van der Waals surface area contributed by atoms with E-state index in [-0.39, 0.29) is 0 Å². The summed E-state index contributed by atoms with van der Waals surface area (Å²) in [6.45, 7) is 0. The van der Waals surface area contributed by atoms with Crippen molar-refractivity contribution in [3.05, 3.63) is 47.0 Å². The number of terminal acetylenes is 1. The summed E-state index contributed by atoms with van der Waals surface area (Å²) in [5.74, 6) is 2.49. The van der Waals surface area contributed by atoms with Crippen LogP contribution in [0.2, 0.25) is 0 Å². The quantitative estimate of drug-likeness (QED) is 0.563. The highest BCUT2D eigenvalue weighted by molar-refractivity contribution is 5.65. The average Bonchev–Trinajstić information content (AvgIpc) is 2.61. The van der Waals surface area contributed by atoms with Gasteiger partial charge >= 0.3 is 0 Å². The molecule has 0 aliphatic heterocycles. The fourth-order valence-corrected chi connectivity index (χ4v) is 1.52. The number of hydrogen-bond acceptors (Lipinski definition) is 0. The smallest absolute Gasteiger partial charge is 0.00882 e. The van der Waals surface area contributed by atoms with Crippen LogP contribution in [0.25, 0.3) is 12.2 Å². The average molecular weight is 166 g/mol. The predicted octanol–water partition coefficient (Wildman–Crippen LogP) is 2.90. The van der Waals surface area contributed by atoms with Gasteiger partial charge < -0.3 is 0 Å². The molecule has 1 aromatic rings. The first-order chi connectivity index (χ1) is 6.40. The Morgan fingerprint density at radius 1 is 1.38 bits per heavy atom. The van der Waals surface area contributed by atoms with Gasteiger partial charge in [0.2, 0.25) is 0 Å². The molecule has 0 amide bonds. The van der Waals surface area contributed by atoms with Gasteiger partial charge in [-0.05, 0) is 41.3 Å². The van der Waals surface area contributed by atoms with Crippen LogP contribution < -0.4 is 0 Å². The van der Waals surface area contributed by atoms with E-state index in [0.29, 0.717) is 0 Å². The first-order valence-electron chi connectivity index (χ1n) is 4.32. The van der Waals surface area contributed by atoms with E-state index in [4.69, 9.17) is 6.42 Å². The van der Waals surface area contributed by atoms with Crippen molar-refractivity contribution in [2.75, 3.05) is 0 Å². The Bertz CT molecular complexity index is 414. The molecule has 0 aromatic heterocycles. The standard InChI is InChI=1S/C13H10/c1-2-3-5-11-8-9-12-6-4-7-13(12)10-11/h1,3-5,7-10H,6H2/b5-3+. The Morgan fingerprint density at radius 2 is 2.31 bits per heavy atom. The minimum atomic E-state index is 1.06. The van der Waals surface area contributed by atoms with E-state index < -0.39 is 0 Å². The van der Waals surface area contributed by atoms with Gasteiger partial charge in [0.25, 0.3) is 0 Å². The summed E-state index contributed by atoms with van der Waals surface area (Å²) in [6, 6.07) is 6.41. The molecule has 62 valence electrons. The van der Waals surface area contributed by atoms with Gasteiger partial charge in [0.1, 0.15) is 0 Å². The summed E-state index contributed by atoms with van der Waals surface area (Å²) in [7, 11) is 0. The maximum atomic E-state index is 5.14. The lowest BCUT2D eigenvalue weighted by atomic mass is 10.1. The largest absolute Gasteiger partial charge is 0.115 e. The van der Waals surface area contributed by atoms with Crippen LogP contribution in [0.5, 0.6) is 0 Å². The topological polar surface area (TPSA) is 0 Å². The van der Waals surface area contributed by atoms with Crippen LogP contribution in [0.3, 0.4) is 0 Å². The third-order valence-corrected chi connectivity index (χ3v) is 2.18. The van der Waals surface area contributed by atoms with Gasteiger partial charge in [-0.3, -0.25) is 0 Å². The lowest BCUT2D eigenvalue weighted by Gasteiger charge is -1.99. The summed E-state index contributed by atoms with van der Waals surface area (Å²) < 4.78 is 0. The van der Waals surface area contributed by atoms with Crippen LogP contribution in [-0.2, 0) is 6.42 Å². The van der Waals surface area contributed by atoms with E-state index in [0.717, 1.165) is 6.42 Å². The molecular weight excluding hydrogens is 156 g/mol. The van der Waals surface area contributed by atoms with Crippen molar-refractivity contribution in [2.45, 2.75) is 6.42 Å². The molecule has 0 spiro atoms. The highest BCUT2D eigenvalue weighted by atomic mass is 14.1. The SMILES string of the molecule is C#C/C=C/c1ccc2c(c1)C=CC2. The summed E-state index contributed by atoms with van der Waals surface area (Å²) in [5.41, 5.74) is 3.89. The van der Waals surface area contributed by atoms with Crippen molar-refractivity contribution in [2.24, 2.45) is 0 Å². The third-order valence-electron chi connectivity index (χ3n) is 2.18. The molecule has 1 aliphatic carbocycles. The molecule has 0 saturated heterocycles. The Balaban J connectivity index is 2.36. The van der Waals surface area contributed by atoms with Crippen molar-refractivity contribution in [1.82, 2.24) is 0 Å². The van der Waals surface area contributed by atoms with E-state index in [1.807, 2.05) is 6.08 Å². The van der Waals surface area contributed by atoms with Gasteiger partial charge in [0.15, 0.2) is 0 Å². The van der Waals surface area contributed by atoms with Gasteiger partial charge in [-0.15, -0.1) is 6.42 Å². The molecule has 0 nitrogen and oxygen atoms in total. The zero-order valence-electron chi connectivity index (χ0n) is 7.33. The molecule has 0 bridgehead atoms. The Kier molecular flexibility index (Phi) is 2.02. The molecule has 0 saturated carbocycles. The van der Waals surface area contributed by atoms with Gasteiger partial charge in [0.05, 0.1) is 0 Å². The summed E-state index contributed by atoms with van der Waals surface area (Å²) >= 11 is 0. The van der Waals surface area contributed by atoms with Crippen LogP contribution in [0, 0.1) is 12.3 Å². The van der Waals surface area contributed by atoms with Crippen molar-refractivity contribution in [3.8, 4) is 12.3 Å². The molecule has 13 heavy (non-hydrogen) atoms. The molecule has 0 atom stereocenters. The lowest BCUT2D eigenvalue weighted by Crippen LogP contribution is -1.81. The third kappa shape index (κ3) is 1.55. The van der Waals surface area contributed by atoms with E-state index in [1.165, 1.54) is 16.7 Å². The van der Waals surface area contributed by atoms with E-state index >= 15 is 0 Å². The number of benzene rings is 1. The van der Waals surface area contributed by atoms with E-state index in [9.17, 15) is 0 Å². The Labute approximate surface area is 78.6 Å². The van der Waals surface area contributed by atoms with E-state index in [1.54, 1.807) is 6.08 Å². The number of rotatable bonds is 1. The minimum Gasteiger partial charge on any atom is -0.115 e. The first kappa shape index (κ1) is 7.89. The van der Waals surface area contributed by atoms with Crippen molar-refractivity contribution >= 4 is 12.2 Å². The van der Waals surface area contributed by atoms with E-state index in [2.05, 4.69) is 36.3 Å². The Hall–Kier alpha value is -1.74. The van der Waals surface area contributed by atoms with Crippen LogP contribution in [-0.4, -0.2) is 0 Å². The molecule has 0 N–H and O–H groups in total. The fraction of sp³-hybridized carbons (Fsp3) is 0.0769. The van der Waals surface area contributed by atoms with Crippen molar-refractivity contribution in [1.29, 1.82) is 0 Å². The van der Waals surface area contributed by atoms with Gasteiger partial charge in [-0.1, -0.05) is 30.2 Å². The molecule has 1 aromatic carbocycles. The zero-order valence-corrected chi connectivity index (χ0v) is 7.33. The van der Waals surface area contributed by atoms with Gasteiger partial charge in [0, 0.05) is 0 Å². The summed E-state index contributed by atoms with van der Waals surface area (Å²) in [6.07, 6.45) is 14.2. The second-order valence-corrected chi connectivity index (χ2v) is 3.06. The van der Waals surface area contributed by atoms with Crippen molar-refractivity contribution in [3.63, 3.8) is 0 Å². The summed E-state index contributed by atoms with van der Waals surface area (Å²) in [4.78, 5) is 0. The maximum absolute atomic E-state index is 5.14. The van der Waals surface area contributed by atoms with Crippen LogP contribution >= 0.6 is 0 Å². The molecule has 1 aliphatic rings. The summed E-state index contributed by atoms with van der Waals surface area (Å²) in [5, 5.41) is 0. The van der Waals surface area contributed by atoms with Gasteiger partial charge in [-0.25, -0.2) is 0 Å². The van der Waals surface area contributed by atoms with Crippen LogP contribution in [0.1, 0.15) is 16.7 Å². The normalized spacial score (nSPS) is 13.2.